The zero-order valence-electron chi connectivity index (χ0n) is 11.9. The quantitative estimate of drug-likeness (QED) is 0.386. The molecule has 0 saturated heterocycles. The highest BCUT2D eigenvalue weighted by atomic mass is 16.6. The minimum absolute atomic E-state index is 0.214. The Labute approximate surface area is 118 Å². The van der Waals surface area contributed by atoms with E-state index in [-0.39, 0.29) is 5.70 Å². The second-order valence-electron chi connectivity index (χ2n) is 3.29. The number of anilines is 1. The molecule has 6 heteroatoms. The van der Waals surface area contributed by atoms with Gasteiger partial charge in [-0.2, -0.15) is 0 Å². The molecule has 0 bridgehead atoms. The SMILES string of the molecule is C=C(/C=C\C(=C/C)Oc1ccc(N)nc1)[N+](=O)[O-].CC. The molecular weight excluding hydrogens is 258 g/mol. The third kappa shape index (κ3) is 6.34. The number of hydrogen-bond acceptors (Lipinski definition) is 5. The van der Waals surface area contributed by atoms with Crippen molar-refractivity contribution < 1.29 is 9.66 Å². The Kier molecular flexibility index (Phi) is 8.09. The van der Waals surface area contributed by atoms with Gasteiger partial charge >= 0.3 is 0 Å². The lowest BCUT2D eigenvalue weighted by atomic mass is 10.3. The van der Waals surface area contributed by atoms with Crippen LogP contribution in [0.1, 0.15) is 20.8 Å². The monoisotopic (exact) mass is 277 g/mol. The van der Waals surface area contributed by atoms with Crippen LogP contribution in [0.2, 0.25) is 0 Å². The first-order chi connectivity index (χ1) is 9.52. The Morgan fingerprint density at radius 1 is 1.45 bits per heavy atom. The number of nitro groups is 1. The first-order valence-electron chi connectivity index (χ1n) is 6.10. The highest BCUT2D eigenvalue weighted by Gasteiger charge is 2.02. The second kappa shape index (κ2) is 9.32. The van der Waals surface area contributed by atoms with Gasteiger partial charge < -0.3 is 10.5 Å². The Morgan fingerprint density at radius 3 is 2.55 bits per heavy atom. The van der Waals surface area contributed by atoms with Gasteiger partial charge in [0.1, 0.15) is 17.3 Å². The van der Waals surface area contributed by atoms with Crippen LogP contribution in [0.15, 0.2) is 54.6 Å². The molecule has 2 N–H and O–H groups in total. The molecule has 0 fully saturated rings. The summed E-state index contributed by atoms with van der Waals surface area (Å²) in [5, 5.41) is 10.4. The fraction of sp³-hybridized carbons (Fsp3) is 0.214. The van der Waals surface area contributed by atoms with E-state index in [9.17, 15) is 10.1 Å². The summed E-state index contributed by atoms with van der Waals surface area (Å²) in [7, 11) is 0. The van der Waals surface area contributed by atoms with Crippen molar-refractivity contribution in [3.8, 4) is 5.75 Å². The van der Waals surface area contributed by atoms with Crippen molar-refractivity contribution in [1.82, 2.24) is 4.98 Å². The van der Waals surface area contributed by atoms with Crippen molar-refractivity contribution in [3.63, 3.8) is 0 Å². The first kappa shape index (κ1) is 17.4. The number of nitrogens with two attached hydrogens (primary N) is 1. The maximum absolute atomic E-state index is 10.4. The van der Waals surface area contributed by atoms with Crippen LogP contribution >= 0.6 is 0 Å². The summed E-state index contributed by atoms with van der Waals surface area (Å²) >= 11 is 0. The average Bonchev–Trinajstić information content (AvgIpc) is 2.47. The lowest BCUT2D eigenvalue weighted by Crippen LogP contribution is -1.96. The smallest absolute Gasteiger partial charge is 0.262 e. The molecule has 0 atom stereocenters. The first-order valence-corrected chi connectivity index (χ1v) is 6.10. The van der Waals surface area contributed by atoms with Gasteiger partial charge in [0.15, 0.2) is 0 Å². The van der Waals surface area contributed by atoms with Gasteiger partial charge in [0.2, 0.25) is 0 Å². The van der Waals surface area contributed by atoms with Gasteiger partial charge in [-0.1, -0.05) is 13.8 Å². The van der Waals surface area contributed by atoms with Gasteiger partial charge in [-0.3, -0.25) is 10.1 Å². The molecule has 0 saturated carbocycles. The molecule has 0 aliphatic rings. The summed E-state index contributed by atoms with van der Waals surface area (Å²) in [4.78, 5) is 13.7. The molecule has 0 unspecified atom stereocenters. The molecule has 108 valence electrons. The van der Waals surface area contributed by atoms with Crippen molar-refractivity contribution >= 4 is 5.82 Å². The number of allylic oxidation sites excluding steroid dienone is 3. The third-order valence-electron chi connectivity index (χ3n) is 1.95. The number of pyridine rings is 1. The standard InChI is InChI=1S/C12H13N3O3.C2H6/c1-3-10(5-4-9(2)15(16)17)18-11-6-7-12(13)14-8-11;1-2/h3-8H,2H2,1H3,(H2,13,14);1-2H3/b5-4-,10-3+;. The van der Waals surface area contributed by atoms with Crippen molar-refractivity contribution in [1.29, 1.82) is 0 Å². The largest absolute Gasteiger partial charge is 0.456 e. The van der Waals surface area contributed by atoms with Crippen LogP contribution in [0.4, 0.5) is 5.82 Å². The van der Waals surface area contributed by atoms with E-state index in [1.807, 2.05) is 13.8 Å². The summed E-state index contributed by atoms with van der Waals surface area (Å²) in [5.74, 6) is 1.33. The van der Waals surface area contributed by atoms with Gasteiger partial charge in [-0.15, -0.1) is 0 Å². The van der Waals surface area contributed by atoms with E-state index >= 15 is 0 Å². The molecule has 0 aromatic carbocycles. The highest BCUT2D eigenvalue weighted by molar-refractivity contribution is 5.34. The van der Waals surface area contributed by atoms with Crippen LogP contribution in [0.25, 0.3) is 0 Å². The number of rotatable bonds is 5. The summed E-state index contributed by atoms with van der Waals surface area (Å²) in [6, 6.07) is 3.25. The third-order valence-corrected chi connectivity index (χ3v) is 1.95. The second-order valence-corrected chi connectivity index (χ2v) is 3.29. The fourth-order valence-corrected chi connectivity index (χ4v) is 1.02. The zero-order chi connectivity index (χ0) is 15.5. The molecule has 0 radical (unpaired) electrons. The van der Waals surface area contributed by atoms with E-state index in [2.05, 4.69) is 11.6 Å². The molecule has 1 aromatic rings. The maximum atomic E-state index is 10.4. The Morgan fingerprint density at radius 2 is 2.10 bits per heavy atom. The average molecular weight is 277 g/mol. The molecule has 1 rings (SSSR count). The summed E-state index contributed by atoms with van der Waals surface area (Å²) in [6.45, 7) is 9.03. The van der Waals surface area contributed by atoms with Crippen LogP contribution in [0.3, 0.4) is 0 Å². The van der Waals surface area contributed by atoms with E-state index in [4.69, 9.17) is 10.5 Å². The van der Waals surface area contributed by atoms with E-state index < -0.39 is 4.92 Å². The van der Waals surface area contributed by atoms with Gasteiger partial charge in [-0.25, -0.2) is 4.98 Å². The van der Waals surface area contributed by atoms with Gasteiger partial charge in [0, 0.05) is 6.08 Å². The van der Waals surface area contributed by atoms with Crippen molar-refractivity contribution in [3.05, 3.63) is 64.7 Å². The molecule has 20 heavy (non-hydrogen) atoms. The summed E-state index contributed by atoms with van der Waals surface area (Å²) in [5.41, 5.74) is 5.23. The van der Waals surface area contributed by atoms with E-state index in [0.29, 0.717) is 17.3 Å². The summed E-state index contributed by atoms with van der Waals surface area (Å²) < 4.78 is 5.44. The number of nitrogens with zero attached hydrogens (tertiary/aromatic N) is 2. The van der Waals surface area contributed by atoms with Crippen LogP contribution in [-0.2, 0) is 0 Å². The topological polar surface area (TPSA) is 91.3 Å². The minimum atomic E-state index is -0.575. The van der Waals surface area contributed by atoms with Crippen LogP contribution < -0.4 is 10.5 Å². The number of ether oxygens (including phenoxy) is 1. The Hall–Kier alpha value is -2.63. The molecule has 1 heterocycles. The van der Waals surface area contributed by atoms with Crippen molar-refractivity contribution in [2.45, 2.75) is 20.8 Å². The Bertz CT molecular complexity index is 505. The lowest BCUT2D eigenvalue weighted by Gasteiger charge is -2.05. The minimum Gasteiger partial charge on any atom is -0.456 e. The number of aromatic nitrogens is 1. The molecule has 0 spiro atoms. The molecule has 1 aromatic heterocycles. The number of nitrogen functional groups attached to an aromatic ring is 1. The molecule has 0 aliphatic heterocycles. The van der Waals surface area contributed by atoms with Crippen molar-refractivity contribution in [2.75, 3.05) is 5.73 Å². The van der Waals surface area contributed by atoms with Crippen molar-refractivity contribution in [2.24, 2.45) is 0 Å². The van der Waals surface area contributed by atoms with Crippen LogP contribution in [-0.4, -0.2) is 9.91 Å². The van der Waals surface area contributed by atoms with Crippen LogP contribution in [0, 0.1) is 10.1 Å². The normalized spacial score (nSPS) is 10.7. The lowest BCUT2D eigenvalue weighted by molar-refractivity contribution is -0.418. The van der Waals surface area contributed by atoms with E-state index in [1.54, 1.807) is 25.1 Å². The Balaban J connectivity index is 0.00000172. The van der Waals surface area contributed by atoms with Gasteiger partial charge in [0.25, 0.3) is 5.70 Å². The molecule has 0 amide bonds. The number of hydrogen-bond donors (Lipinski definition) is 1. The highest BCUT2D eigenvalue weighted by Crippen LogP contribution is 2.14. The van der Waals surface area contributed by atoms with Gasteiger partial charge in [-0.05, 0) is 37.8 Å². The van der Waals surface area contributed by atoms with Gasteiger partial charge in [0.05, 0.1) is 11.1 Å². The molecule has 6 nitrogen and oxygen atoms in total. The predicted molar refractivity (Wildman–Crippen MR) is 79.7 cm³/mol. The predicted octanol–water partition coefficient (Wildman–Crippen LogP) is 3.32. The molecule has 0 aliphatic carbocycles. The van der Waals surface area contributed by atoms with E-state index in [0.717, 1.165) is 0 Å². The summed E-state index contributed by atoms with van der Waals surface area (Å²) in [6.07, 6.45) is 5.86. The fourth-order valence-electron chi connectivity index (χ4n) is 1.02. The maximum Gasteiger partial charge on any atom is 0.262 e. The zero-order valence-corrected chi connectivity index (χ0v) is 11.9. The molecular formula is C14H19N3O3. The van der Waals surface area contributed by atoms with E-state index in [1.165, 1.54) is 18.3 Å². The van der Waals surface area contributed by atoms with Crippen LogP contribution in [0.5, 0.6) is 5.75 Å².